The predicted molar refractivity (Wildman–Crippen MR) is 112 cm³/mol. The molecule has 3 aromatic carbocycles. The van der Waals surface area contributed by atoms with Gasteiger partial charge in [-0.2, -0.15) is 0 Å². The maximum Gasteiger partial charge on any atom is 0.321 e. The summed E-state index contributed by atoms with van der Waals surface area (Å²) in [5.41, 5.74) is 2.03. The number of piperazine rings is 1. The van der Waals surface area contributed by atoms with Crippen LogP contribution in [-0.2, 0) is 6.54 Å². The summed E-state index contributed by atoms with van der Waals surface area (Å²) in [6.07, 6.45) is 0. The Balaban J connectivity index is 1.16. The number of hydrogen-bond donors (Lipinski definition) is 1. The van der Waals surface area contributed by atoms with Crippen molar-refractivity contribution in [2.24, 2.45) is 0 Å². The molecule has 2 aliphatic rings. The predicted octanol–water partition coefficient (Wildman–Crippen LogP) is 3.92. The van der Waals surface area contributed by atoms with Gasteiger partial charge in [0.25, 0.3) is 0 Å². The number of benzene rings is 3. The SMILES string of the molecule is O=C(Nc1ccc2ccccc2c1)N1CCN(Cc2ccc3c(c2)OCO3)CC1. The molecule has 1 fully saturated rings. The maximum absolute atomic E-state index is 12.7. The Labute approximate surface area is 169 Å². The summed E-state index contributed by atoms with van der Waals surface area (Å²) < 4.78 is 10.8. The number of amides is 2. The second-order valence-corrected chi connectivity index (χ2v) is 7.44. The van der Waals surface area contributed by atoms with Crippen molar-refractivity contribution in [1.29, 1.82) is 0 Å². The molecule has 5 rings (SSSR count). The lowest BCUT2D eigenvalue weighted by Gasteiger charge is -2.34. The normalized spacial score (nSPS) is 16.2. The highest BCUT2D eigenvalue weighted by Crippen LogP contribution is 2.32. The molecule has 6 heteroatoms. The third kappa shape index (κ3) is 3.84. The monoisotopic (exact) mass is 389 g/mol. The molecule has 0 bridgehead atoms. The molecule has 0 atom stereocenters. The van der Waals surface area contributed by atoms with Gasteiger partial charge in [0.2, 0.25) is 6.79 Å². The zero-order valence-electron chi connectivity index (χ0n) is 16.1. The number of carbonyl (C=O) groups excluding carboxylic acids is 1. The molecule has 0 spiro atoms. The summed E-state index contributed by atoms with van der Waals surface area (Å²) in [5, 5.41) is 5.33. The van der Waals surface area contributed by atoms with Crippen LogP contribution >= 0.6 is 0 Å². The molecule has 0 unspecified atom stereocenters. The summed E-state index contributed by atoms with van der Waals surface area (Å²) in [7, 11) is 0. The molecule has 2 amide bonds. The van der Waals surface area contributed by atoms with Crippen LogP contribution in [0.2, 0.25) is 0 Å². The third-order valence-electron chi connectivity index (χ3n) is 5.50. The standard InChI is InChI=1S/C23H23N3O3/c27-23(24-20-7-6-18-3-1-2-4-19(18)14-20)26-11-9-25(10-12-26)15-17-5-8-21-22(13-17)29-16-28-21/h1-8,13-14H,9-12,15-16H2,(H,24,27). The average molecular weight is 389 g/mol. The molecule has 0 aromatic heterocycles. The highest BCUT2D eigenvalue weighted by molar-refractivity contribution is 5.93. The highest BCUT2D eigenvalue weighted by Gasteiger charge is 2.22. The number of ether oxygens (including phenoxy) is 2. The van der Waals surface area contributed by atoms with Crippen molar-refractivity contribution in [2.45, 2.75) is 6.54 Å². The van der Waals surface area contributed by atoms with Crippen LogP contribution < -0.4 is 14.8 Å². The summed E-state index contributed by atoms with van der Waals surface area (Å²) in [6, 6.07) is 20.2. The van der Waals surface area contributed by atoms with Crippen LogP contribution in [0, 0.1) is 0 Å². The van der Waals surface area contributed by atoms with Crippen LogP contribution in [0.25, 0.3) is 10.8 Å². The van der Waals surface area contributed by atoms with Gasteiger partial charge in [-0.1, -0.05) is 36.4 Å². The van der Waals surface area contributed by atoms with Crippen LogP contribution in [0.15, 0.2) is 60.7 Å². The van der Waals surface area contributed by atoms with E-state index in [4.69, 9.17) is 9.47 Å². The van der Waals surface area contributed by atoms with E-state index < -0.39 is 0 Å². The Kier molecular flexibility index (Phi) is 4.69. The first kappa shape index (κ1) is 17.8. The number of nitrogens with one attached hydrogen (secondary N) is 1. The van der Waals surface area contributed by atoms with E-state index in [1.807, 2.05) is 47.4 Å². The van der Waals surface area contributed by atoms with E-state index in [0.717, 1.165) is 42.2 Å². The Morgan fingerprint density at radius 3 is 2.52 bits per heavy atom. The van der Waals surface area contributed by atoms with Gasteiger partial charge in [0.15, 0.2) is 11.5 Å². The minimum atomic E-state index is -0.0389. The zero-order chi connectivity index (χ0) is 19.6. The molecule has 1 N–H and O–H groups in total. The molecule has 2 aliphatic heterocycles. The fourth-order valence-corrected chi connectivity index (χ4v) is 3.88. The topological polar surface area (TPSA) is 54.0 Å². The van der Waals surface area contributed by atoms with Crippen molar-refractivity contribution in [3.8, 4) is 11.5 Å². The molecule has 0 radical (unpaired) electrons. The summed E-state index contributed by atoms with van der Waals surface area (Å²) in [6.45, 7) is 4.26. The van der Waals surface area contributed by atoms with Crippen molar-refractivity contribution < 1.29 is 14.3 Å². The van der Waals surface area contributed by atoms with E-state index in [1.54, 1.807) is 0 Å². The molecule has 3 aromatic rings. The van der Waals surface area contributed by atoms with E-state index in [1.165, 1.54) is 10.9 Å². The number of fused-ring (bicyclic) bond motifs is 2. The lowest BCUT2D eigenvalue weighted by atomic mass is 10.1. The summed E-state index contributed by atoms with van der Waals surface area (Å²) in [4.78, 5) is 16.9. The van der Waals surface area contributed by atoms with E-state index in [2.05, 4.69) is 28.4 Å². The van der Waals surface area contributed by atoms with Gasteiger partial charge in [-0.25, -0.2) is 4.79 Å². The first-order valence-corrected chi connectivity index (χ1v) is 9.90. The minimum absolute atomic E-state index is 0.0389. The number of hydrogen-bond acceptors (Lipinski definition) is 4. The summed E-state index contributed by atoms with van der Waals surface area (Å²) in [5.74, 6) is 1.62. The molecule has 2 heterocycles. The van der Waals surface area contributed by atoms with Gasteiger partial charge in [0, 0.05) is 38.4 Å². The van der Waals surface area contributed by atoms with Gasteiger partial charge in [-0.3, -0.25) is 4.90 Å². The number of urea groups is 1. The zero-order valence-corrected chi connectivity index (χ0v) is 16.1. The lowest BCUT2D eigenvalue weighted by molar-refractivity contribution is 0.143. The Bertz CT molecular complexity index is 1040. The van der Waals surface area contributed by atoms with E-state index in [0.29, 0.717) is 19.9 Å². The number of anilines is 1. The van der Waals surface area contributed by atoms with Crippen LogP contribution in [0.3, 0.4) is 0 Å². The Morgan fingerprint density at radius 2 is 1.66 bits per heavy atom. The van der Waals surface area contributed by atoms with Crippen LogP contribution in [-0.4, -0.2) is 48.8 Å². The van der Waals surface area contributed by atoms with Crippen LogP contribution in [0.1, 0.15) is 5.56 Å². The van der Waals surface area contributed by atoms with Crippen LogP contribution in [0.5, 0.6) is 11.5 Å². The molecule has 148 valence electrons. The molecular formula is C23H23N3O3. The van der Waals surface area contributed by atoms with Gasteiger partial charge in [-0.15, -0.1) is 0 Å². The second kappa shape index (κ2) is 7.64. The summed E-state index contributed by atoms with van der Waals surface area (Å²) >= 11 is 0. The van der Waals surface area contributed by atoms with E-state index in [9.17, 15) is 4.79 Å². The van der Waals surface area contributed by atoms with E-state index in [-0.39, 0.29) is 6.03 Å². The van der Waals surface area contributed by atoms with Gasteiger partial charge in [0.05, 0.1) is 0 Å². The first-order valence-electron chi connectivity index (χ1n) is 9.90. The Hall–Kier alpha value is -3.25. The molecule has 29 heavy (non-hydrogen) atoms. The van der Waals surface area contributed by atoms with Crippen LogP contribution in [0.4, 0.5) is 10.5 Å². The lowest BCUT2D eigenvalue weighted by Crippen LogP contribution is -2.49. The maximum atomic E-state index is 12.7. The average Bonchev–Trinajstić information content (AvgIpc) is 3.22. The molecular weight excluding hydrogens is 366 g/mol. The number of nitrogens with zero attached hydrogens (tertiary/aromatic N) is 2. The number of carbonyl (C=O) groups is 1. The van der Waals surface area contributed by atoms with Crippen molar-refractivity contribution in [2.75, 3.05) is 38.3 Å². The van der Waals surface area contributed by atoms with Gasteiger partial charge in [-0.05, 0) is 40.6 Å². The smallest absolute Gasteiger partial charge is 0.321 e. The third-order valence-corrected chi connectivity index (χ3v) is 5.50. The van der Waals surface area contributed by atoms with Gasteiger partial charge >= 0.3 is 6.03 Å². The largest absolute Gasteiger partial charge is 0.454 e. The van der Waals surface area contributed by atoms with Crippen molar-refractivity contribution in [1.82, 2.24) is 9.80 Å². The van der Waals surface area contributed by atoms with Gasteiger partial charge < -0.3 is 19.7 Å². The van der Waals surface area contributed by atoms with Crippen molar-refractivity contribution >= 4 is 22.5 Å². The number of rotatable bonds is 3. The minimum Gasteiger partial charge on any atom is -0.454 e. The van der Waals surface area contributed by atoms with E-state index >= 15 is 0 Å². The molecule has 6 nitrogen and oxygen atoms in total. The van der Waals surface area contributed by atoms with Gasteiger partial charge in [0.1, 0.15) is 0 Å². The molecule has 1 saturated heterocycles. The van der Waals surface area contributed by atoms with Crippen molar-refractivity contribution in [3.63, 3.8) is 0 Å². The first-order chi connectivity index (χ1) is 14.2. The molecule has 0 saturated carbocycles. The Morgan fingerprint density at radius 1 is 0.862 bits per heavy atom. The fraction of sp³-hybridized carbons (Fsp3) is 0.261. The van der Waals surface area contributed by atoms with Crippen molar-refractivity contribution in [3.05, 3.63) is 66.2 Å². The quantitative estimate of drug-likeness (QED) is 0.738. The highest BCUT2D eigenvalue weighted by atomic mass is 16.7. The fourth-order valence-electron chi connectivity index (χ4n) is 3.88. The molecule has 0 aliphatic carbocycles. The second-order valence-electron chi connectivity index (χ2n) is 7.44.